The van der Waals surface area contributed by atoms with Crippen molar-refractivity contribution in [1.82, 2.24) is 0 Å². The van der Waals surface area contributed by atoms with Crippen molar-refractivity contribution in [2.75, 3.05) is 12.3 Å². The number of benzene rings is 1. The Morgan fingerprint density at radius 1 is 0.926 bits per heavy atom. The number of carbonyl (C=O) groups excluding carboxylic acids is 1. The van der Waals surface area contributed by atoms with Crippen molar-refractivity contribution in [1.29, 1.82) is 0 Å². The highest BCUT2D eigenvalue weighted by Crippen LogP contribution is 2.35. The Hall–Kier alpha value is -1.62. The number of aliphatic carboxylic acids is 1. The van der Waals surface area contributed by atoms with Crippen molar-refractivity contribution in [3.63, 3.8) is 0 Å². The van der Waals surface area contributed by atoms with Crippen LogP contribution < -0.4 is 11.5 Å². The van der Waals surface area contributed by atoms with Crippen molar-refractivity contribution in [3.8, 4) is 0 Å². The minimum Gasteiger partial charge on any atom is -0.480 e. The van der Waals surface area contributed by atoms with E-state index in [0.29, 0.717) is 0 Å². The Bertz CT molecular complexity index is 702. The molecule has 0 bridgehead atoms. The molecule has 12 nitrogen and oxygen atoms in total. The van der Waals surface area contributed by atoms with E-state index in [-0.39, 0.29) is 6.61 Å². The zero-order valence-electron chi connectivity index (χ0n) is 14.0. The van der Waals surface area contributed by atoms with E-state index in [9.17, 15) is 18.7 Å². The number of hydrogen-bond acceptors (Lipinski definition) is 7. The molecule has 0 heterocycles. The van der Waals surface area contributed by atoms with E-state index in [4.69, 9.17) is 40.9 Å². The second-order valence-corrected chi connectivity index (χ2v) is 8.73. The molecule has 0 amide bonds. The number of carboxylic acids is 1. The Kier molecular flexibility index (Phi) is 10.6. The van der Waals surface area contributed by atoms with Crippen molar-refractivity contribution in [2.24, 2.45) is 11.5 Å². The molecule has 0 fully saturated rings. The standard InChI is InChI=1S/C10H14NO5P.C3H8NO5P/c11-9(7-17(13,14)15)10(12)16-6-8-4-2-1-3-5-8;4-2(3(5)6)1-10(7,8)9/h1-5,9H,6-7,11H2,(H2,13,14,15);2H,1,4H2,(H,5,6)(H2,7,8,9)/t9-;2-/m00/s1. The summed E-state index contributed by atoms with van der Waals surface area (Å²) in [5.41, 5.74) is 10.9. The molecule has 27 heavy (non-hydrogen) atoms. The van der Waals surface area contributed by atoms with Gasteiger partial charge in [-0.3, -0.25) is 18.7 Å². The summed E-state index contributed by atoms with van der Waals surface area (Å²) in [4.78, 5) is 54.9. The third-order valence-electron chi connectivity index (χ3n) is 2.71. The molecule has 14 heteroatoms. The predicted octanol–water partition coefficient (Wildman–Crippen LogP) is -1.19. The summed E-state index contributed by atoms with van der Waals surface area (Å²) in [7, 11) is -8.58. The van der Waals surface area contributed by atoms with Crippen LogP contribution in [0.1, 0.15) is 5.56 Å². The molecule has 154 valence electrons. The van der Waals surface area contributed by atoms with Gasteiger partial charge in [-0.25, -0.2) is 0 Å². The summed E-state index contributed by atoms with van der Waals surface area (Å²) < 4.78 is 25.6. The fourth-order valence-corrected chi connectivity index (χ4v) is 2.83. The number of esters is 1. The van der Waals surface area contributed by atoms with Crippen molar-refractivity contribution >= 4 is 27.1 Å². The highest BCUT2D eigenvalue weighted by Gasteiger charge is 2.25. The summed E-state index contributed by atoms with van der Waals surface area (Å²) in [6.07, 6.45) is -1.52. The molecule has 1 aromatic carbocycles. The largest absolute Gasteiger partial charge is 0.480 e. The van der Waals surface area contributed by atoms with Gasteiger partial charge in [0.25, 0.3) is 0 Å². The summed E-state index contributed by atoms with van der Waals surface area (Å²) in [5.74, 6) is -2.24. The van der Waals surface area contributed by atoms with E-state index < -0.39 is 51.5 Å². The third kappa shape index (κ3) is 14.1. The van der Waals surface area contributed by atoms with Gasteiger partial charge in [0, 0.05) is 0 Å². The van der Waals surface area contributed by atoms with Crippen molar-refractivity contribution in [2.45, 2.75) is 18.7 Å². The first kappa shape index (κ1) is 25.4. The van der Waals surface area contributed by atoms with Gasteiger partial charge in [-0.15, -0.1) is 0 Å². The molecule has 0 aliphatic carbocycles. The molecule has 0 aromatic heterocycles. The molecule has 0 unspecified atom stereocenters. The predicted molar refractivity (Wildman–Crippen MR) is 93.6 cm³/mol. The molecular formula is C13H22N2O10P2. The lowest BCUT2D eigenvalue weighted by Gasteiger charge is -2.12. The molecule has 0 radical (unpaired) electrons. The van der Waals surface area contributed by atoms with E-state index >= 15 is 0 Å². The summed E-state index contributed by atoms with van der Waals surface area (Å²) in [5, 5.41) is 8.08. The summed E-state index contributed by atoms with van der Waals surface area (Å²) >= 11 is 0. The van der Waals surface area contributed by atoms with Gasteiger partial charge in [-0.2, -0.15) is 0 Å². The average Bonchev–Trinajstić information content (AvgIpc) is 2.51. The monoisotopic (exact) mass is 428 g/mol. The second kappa shape index (κ2) is 11.3. The van der Waals surface area contributed by atoms with Crippen LogP contribution in [0.3, 0.4) is 0 Å². The van der Waals surface area contributed by atoms with Crippen LogP contribution in [-0.2, 0) is 30.1 Å². The van der Waals surface area contributed by atoms with E-state index in [1.54, 1.807) is 24.3 Å². The zero-order valence-corrected chi connectivity index (χ0v) is 15.8. The maximum Gasteiger partial charge on any atom is 0.327 e. The van der Waals surface area contributed by atoms with Crippen LogP contribution in [0.15, 0.2) is 30.3 Å². The van der Waals surface area contributed by atoms with Gasteiger partial charge in [0.05, 0.1) is 12.3 Å². The van der Waals surface area contributed by atoms with Crippen molar-refractivity contribution in [3.05, 3.63) is 35.9 Å². The van der Waals surface area contributed by atoms with Crippen LogP contribution in [0, 0.1) is 0 Å². The van der Waals surface area contributed by atoms with Gasteiger partial charge < -0.3 is 40.9 Å². The lowest BCUT2D eigenvalue weighted by molar-refractivity contribution is -0.146. The number of carbonyl (C=O) groups is 2. The normalized spacial score (nSPS) is 13.7. The van der Waals surface area contributed by atoms with Crippen LogP contribution in [0.2, 0.25) is 0 Å². The highest BCUT2D eigenvalue weighted by molar-refractivity contribution is 7.52. The van der Waals surface area contributed by atoms with E-state index in [1.165, 1.54) is 0 Å². The molecule has 0 aliphatic rings. The Balaban J connectivity index is 0.000000580. The van der Waals surface area contributed by atoms with Crippen molar-refractivity contribution < 1.29 is 48.1 Å². The van der Waals surface area contributed by atoms with E-state index in [1.807, 2.05) is 6.07 Å². The third-order valence-corrected chi connectivity index (χ3v) is 4.45. The topological polar surface area (TPSA) is 231 Å². The lowest BCUT2D eigenvalue weighted by atomic mass is 10.2. The maximum atomic E-state index is 11.3. The minimum atomic E-state index is -4.30. The van der Waals surface area contributed by atoms with Crippen LogP contribution in [0.5, 0.6) is 0 Å². The molecule has 1 rings (SSSR count). The number of hydrogen-bond donors (Lipinski definition) is 7. The van der Waals surface area contributed by atoms with E-state index in [2.05, 4.69) is 0 Å². The molecule has 9 N–H and O–H groups in total. The molecule has 0 aliphatic heterocycles. The Labute approximate surface area is 154 Å². The summed E-state index contributed by atoms with van der Waals surface area (Å²) in [6, 6.07) is 6.15. The first-order chi connectivity index (χ1) is 12.2. The van der Waals surface area contributed by atoms with Gasteiger partial charge in [0.15, 0.2) is 0 Å². The van der Waals surface area contributed by atoms with Crippen LogP contribution in [0.25, 0.3) is 0 Å². The van der Waals surface area contributed by atoms with Gasteiger partial charge >= 0.3 is 27.1 Å². The fourth-order valence-electron chi connectivity index (χ4n) is 1.50. The molecular weight excluding hydrogens is 406 g/mol. The van der Waals surface area contributed by atoms with Gasteiger partial charge in [0.2, 0.25) is 0 Å². The zero-order chi connectivity index (χ0) is 21.3. The fraction of sp³-hybridized carbons (Fsp3) is 0.385. The van der Waals surface area contributed by atoms with Gasteiger partial charge in [-0.1, -0.05) is 30.3 Å². The molecule has 0 saturated heterocycles. The van der Waals surface area contributed by atoms with E-state index in [0.717, 1.165) is 5.56 Å². The number of rotatable bonds is 8. The first-order valence-electron chi connectivity index (χ1n) is 7.25. The van der Waals surface area contributed by atoms with Gasteiger partial charge in [-0.05, 0) is 5.56 Å². The highest BCUT2D eigenvalue weighted by atomic mass is 31.2. The SMILES string of the molecule is N[C@@H](CP(=O)(O)O)C(=O)O.N[C@@H](CP(=O)(O)O)C(=O)OCc1ccccc1. The van der Waals surface area contributed by atoms with Crippen LogP contribution >= 0.6 is 15.2 Å². The van der Waals surface area contributed by atoms with Gasteiger partial charge in [0.1, 0.15) is 18.7 Å². The smallest absolute Gasteiger partial charge is 0.327 e. The van der Waals surface area contributed by atoms with Crippen LogP contribution in [0.4, 0.5) is 0 Å². The number of ether oxygens (including phenoxy) is 1. The summed E-state index contributed by atoms with van der Waals surface area (Å²) in [6.45, 7) is 0.0362. The number of nitrogens with two attached hydrogens (primary N) is 2. The van der Waals surface area contributed by atoms with Crippen LogP contribution in [-0.4, -0.2) is 61.0 Å². The molecule has 2 atom stereocenters. The second-order valence-electron chi connectivity index (χ2n) is 5.34. The molecule has 0 spiro atoms. The Morgan fingerprint density at radius 2 is 1.37 bits per heavy atom. The lowest BCUT2D eigenvalue weighted by Crippen LogP contribution is -2.35. The average molecular weight is 428 g/mol. The first-order valence-corrected chi connectivity index (χ1v) is 10.8. The number of carboxylic acid groups (broad SMARTS) is 1. The molecule has 0 saturated carbocycles. The molecule has 1 aromatic rings. The quantitative estimate of drug-likeness (QED) is 0.191. The maximum absolute atomic E-state index is 11.3. The minimum absolute atomic E-state index is 0.0362. The Morgan fingerprint density at radius 3 is 1.74 bits per heavy atom.